The lowest BCUT2D eigenvalue weighted by atomic mass is 10.1. The van der Waals surface area contributed by atoms with E-state index in [9.17, 15) is 8.42 Å². The smallest absolute Gasteiger partial charge is 0.240 e. The van der Waals surface area contributed by atoms with Gasteiger partial charge >= 0.3 is 0 Å². The summed E-state index contributed by atoms with van der Waals surface area (Å²) in [6, 6.07) is 14.3. The van der Waals surface area contributed by atoms with Gasteiger partial charge in [-0.25, -0.2) is 13.1 Å². The summed E-state index contributed by atoms with van der Waals surface area (Å²) in [6.07, 6.45) is 1.32. The first kappa shape index (κ1) is 18.5. The van der Waals surface area contributed by atoms with Gasteiger partial charge in [0, 0.05) is 18.8 Å². The van der Waals surface area contributed by atoms with Crippen LogP contribution in [0.1, 0.15) is 5.56 Å². The van der Waals surface area contributed by atoms with E-state index in [0.717, 1.165) is 16.8 Å². The minimum Gasteiger partial charge on any atom is -0.486 e. The minimum atomic E-state index is -3.66. The first-order chi connectivity index (χ1) is 13.4. The van der Waals surface area contributed by atoms with E-state index in [1.807, 2.05) is 38.2 Å². The zero-order valence-corrected chi connectivity index (χ0v) is 16.4. The molecule has 1 aromatic heterocycles. The second kappa shape index (κ2) is 7.29. The first-order valence-corrected chi connectivity index (χ1v) is 10.4. The Kier molecular flexibility index (Phi) is 4.82. The van der Waals surface area contributed by atoms with Crippen molar-refractivity contribution in [2.24, 2.45) is 7.05 Å². The fourth-order valence-electron chi connectivity index (χ4n) is 3.18. The summed E-state index contributed by atoms with van der Waals surface area (Å²) in [6.45, 7) is 2.30. The second-order valence-corrected chi connectivity index (χ2v) is 8.43. The lowest BCUT2D eigenvalue weighted by molar-refractivity contribution is 0.0943. The minimum absolute atomic E-state index is 0.124. The maximum absolute atomic E-state index is 12.7. The molecule has 0 spiro atoms. The first-order valence-electron chi connectivity index (χ1n) is 8.91. The Bertz CT molecular complexity index is 1110. The van der Waals surface area contributed by atoms with E-state index in [4.69, 9.17) is 9.47 Å². The molecule has 1 aliphatic rings. The number of rotatable bonds is 5. The number of aromatic nitrogens is 2. The van der Waals surface area contributed by atoms with E-state index in [0.29, 0.717) is 11.5 Å². The third kappa shape index (κ3) is 3.61. The summed E-state index contributed by atoms with van der Waals surface area (Å²) in [5, 5.41) is 4.16. The molecule has 1 N–H and O–H groups in total. The van der Waals surface area contributed by atoms with Gasteiger partial charge in [0.05, 0.1) is 17.1 Å². The Morgan fingerprint density at radius 3 is 2.68 bits per heavy atom. The monoisotopic (exact) mass is 399 g/mol. The highest BCUT2D eigenvalue weighted by molar-refractivity contribution is 7.89. The topological polar surface area (TPSA) is 82.5 Å². The quantitative estimate of drug-likeness (QED) is 0.713. The molecular weight excluding hydrogens is 378 g/mol. The van der Waals surface area contributed by atoms with Gasteiger partial charge in [0.1, 0.15) is 12.7 Å². The Hall–Kier alpha value is -2.84. The van der Waals surface area contributed by atoms with Crippen molar-refractivity contribution in [1.29, 1.82) is 0 Å². The molecule has 146 valence electrons. The predicted molar refractivity (Wildman–Crippen MR) is 105 cm³/mol. The van der Waals surface area contributed by atoms with Crippen molar-refractivity contribution in [3.8, 4) is 22.8 Å². The molecule has 8 heteroatoms. The van der Waals surface area contributed by atoms with Crippen molar-refractivity contribution in [3.05, 3.63) is 60.3 Å². The summed E-state index contributed by atoms with van der Waals surface area (Å²) in [5.41, 5.74) is 2.73. The van der Waals surface area contributed by atoms with Crippen molar-refractivity contribution in [2.75, 3.05) is 13.2 Å². The van der Waals surface area contributed by atoms with Gasteiger partial charge in [-0.3, -0.25) is 4.68 Å². The van der Waals surface area contributed by atoms with E-state index >= 15 is 0 Å². The molecule has 1 atom stereocenters. The number of nitrogens with one attached hydrogen (secondary N) is 1. The van der Waals surface area contributed by atoms with Crippen LogP contribution in [0.4, 0.5) is 0 Å². The fraction of sp³-hybridized carbons (Fsp3) is 0.250. The zero-order valence-electron chi connectivity index (χ0n) is 15.6. The molecule has 1 aliphatic heterocycles. The average Bonchev–Trinajstić information content (AvgIpc) is 3.12. The molecule has 3 aromatic rings. The van der Waals surface area contributed by atoms with Gasteiger partial charge in [0.25, 0.3) is 0 Å². The largest absolute Gasteiger partial charge is 0.486 e. The van der Waals surface area contributed by atoms with E-state index < -0.39 is 10.0 Å². The van der Waals surface area contributed by atoms with Gasteiger partial charge in [-0.1, -0.05) is 18.2 Å². The lowest BCUT2D eigenvalue weighted by Crippen LogP contribution is -2.40. The summed E-state index contributed by atoms with van der Waals surface area (Å²) >= 11 is 0. The number of fused-ring (bicyclic) bond motifs is 1. The summed E-state index contributed by atoms with van der Waals surface area (Å²) in [4.78, 5) is 0.216. The van der Waals surface area contributed by atoms with Crippen LogP contribution in [0.2, 0.25) is 0 Å². The summed E-state index contributed by atoms with van der Waals surface area (Å²) in [5.74, 6) is 1.29. The maximum atomic E-state index is 12.7. The highest BCUT2D eigenvalue weighted by Crippen LogP contribution is 2.31. The number of para-hydroxylation sites is 2. The van der Waals surface area contributed by atoms with Crippen LogP contribution in [-0.4, -0.2) is 37.5 Å². The highest BCUT2D eigenvalue weighted by Gasteiger charge is 2.23. The molecule has 0 saturated carbocycles. The van der Waals surface area contributed by atoms with Crippen LogP contribution in [-0.2, 0) is 17.1 Å². The lowest BCUT2D eigenvalue weighted by Gasteiger charge is -2.26. The van der Waals surface area contributed by atoms with Crippen LogP contribution in [0.25, 0.3) is 11.3 Å². The van der Waals surface area contributed by atoms with Crippen molar-refractivity contribution in [3.63, 3.8) is 0 Å². The van der Waals surface area contributed by atoms with E-state index in [1.54, 1.807) is 35.1 Å². The molecule has 0 aliphatic carbocycles. The van der Waals surface area contributed by atoms with Crippen LogP contribution in [0.3, 0.4) is 0 Å². The van der Waals surface area contributed by atoms with E-state index in [-0.39, 0.29) is 24.2 Å². The van der Waals surface area contributed by atoms with Crippen LogP contribution in [0, 0.1) is 6.92 Å². The predicted octanol–water partition coefficient (Wildman–Crippen LogP) is 2.51. The standard InChI is InChI=1S/C20H21N3O4S/c1-14-11-16(7-8-17(14)18-9-10-21-23(18)2)28(24,25)22-12-15-13-26-19-5-3-4-6-20(19)27-15/h3-11,15,22H,12-13H2,1-2H3. The molecule has 2 aromatic carbocycles. The highest BCUT2D eigenvalue weighted by atomic mass is 32.2. The van der Waals surface area contributed by atoms with E-state index in [2.05, 4.69) is 9.82 Å². The number of sulfonamides is 1. The zero-order chi connectivity index (χ0) is 19.7. The average molecular weight is 399 g/mol. The second-order valence-electron chi connectivity index (χ2n) is 6.67. The number of hydrogen-bond donors (Lipinski definition) is 1. The van der Waals surface area contributed by atoms with Gasteiger partial charge in [-0.15, -0.1) is 0 Å². The molecule has 0 radical (unpaired) electrons. The third-order valence-corrected chi connectivity index (χ3v) is 6.09. The maximum Gasteiger partial charge on any atom is 0.240 e. The van der Waals surface area contributed by atoms with Gasteiger partial charge < -0.3 is 9.47 Å². The summed E-state index contributed by atoms with van der Waals surface area (Å²) in [7, 11) is -1.81. The Labute approximate surface area is 164 Å². The summed E-state index contributed by atoms with van der Waals surface area (Å²) < 4.78 is 41.2. The molecular formula is C20H21N3O4S. The van der Waals surface area contributed by atoms with Gasteiger partial charge in [0.2, 0.25) is 10.0 Å². The van der Waals surface area contributed by atoms with Gasteiger partial charge in [-0.2, -0.15) is 5.10 Å². The molecule has 0 amide bonds. The number of hydrogen-bond acceptors (Lipinski definition) is 5. The van der Waals surface area contributed by atoms with Gasteiger partial charge in [0.15, 0.2) is 11.5 Å². The molecule has 0 fully saturated rings. The Balaban J connectivity index is 1.47. The Morgan fingerprint density at radius 1 is 1.18 bits per heavy atom. The van der Waals surface area contributed by atoms with Crippen LogP contribution < -0.4 is 14.2 Å². The molecule has 0 bridgehead atoms. The normalized spacial score (nSPS) is 16.1. The number of nitrogens with zero attached hydrogens (tertiary/aromatic N) is 2. The molecule has 4 rings (SSSR count). The van der Waals surface area contributed by atoms with Crippen molar-refractivity contribution in [2.45, 2.75) is 17.9 Å². The van der Waals surface area contributed by atoms with Gasteiger partial charge in [-0.05, 0) is 42.8 Å². The molecule has 0 saturated heterocycles. The van der Waals surface area contributed by atoms with Crippen molar-refractivity contribution in [1.82, 2.24) is 14.5 Å². The molecule has 7 nitrogen and oxygen atoms in total. The van der Waals surface area contributed by atoms with E-state index in [1.165, 1.54) is 0 Å². The molecule has 2 heterocycles. The SMILES string of the molecule is Cc1cc(S(=O)(=O)NCC2COc3ccccc3O2)ccc1-c1ccnn1C. The fourth-order valence-corrected chi connectivity index (χ4v) is 4.33. The van der Waals surface area contributed by atoms with Crippen LogP contribution in [0.15, 0.2) is 59.6 Å². The Morgan fingerprint density at radius 2 is 1.96 bits per heavy atom. The molecule has 28 heavy (non-hydrogen) atoms. The number of benzene rings is 2. The van der Waals surface area contributed by atoms with Crippen LogP contribution >= 0.6 is 0 Å². The third-order valence-electron chi connectivity index (χ3n) is 4.67. The number of aryl methyl sites for hydroxylation is 2. The van der Waals surface area contributed by atoms with Crippen LogP contribution in [0.5, 0.6) is 11.5 Å². The van der Waals surface area contributed by atoms with Crippen molar-refractivity contribution >= 4 is 10.0 Å². The molecule has 1 unspecified atom stereocenters. The van der Waals surface area contributed by atoms with Crippen molar-refractivity contribution < 1.29 is 17.9 Å². The number of ether oxygens (including phenoxy) is 2.